The van der Waals surface area contributed by atoms with Crippen LogP contribution in [0.5, 0.6) is 0 Å². The van der Waals surface area contributed by atoms with E-state index in [0.29, 0.717) is 30.1 Å². The van der Waals surface area contributed by atoms with Crippen LogP contribution in [-0.2, 0) is 9.59 Å². The number of hydrogen-bond acceptors (Lipinski definition) is 3. The van der Waals surface area contributed by atoms with Crippen molar-refractivity contribution >= 4 is 40.2 Å². The smallest absolute Gasteiger partial charge is 0.268 e. The number of hydrogen-bond donors (Lipinski definition) is 4. The van der Waals surface area contributed by atoms with Crippen molar-refractivity contribution in [2.24, 2.45) is 11.3 Å². The van der Waals surface area contributed by atoms with Crippen molar-refractivity contribution in [1.82, 2.24) is 20.9 Å². The lowest BCUT2D eigenvalue weighted by atomic mass is 9.87. The van der Waals surface area contributed by atoms with Crippen LogP contribution in [0.15, 0.2) is 24.3 Å². The largest absolute Gasteiger partial charge is 0.356 e. The fourth-order valence-electron chi connectivity index (χ4n) is 4.07. The number of carbonyl (C=O) groups is 3. The third-order valence-electron chi connectivity index (χ3n) is 5.70. The standard InChI is InChI=1S/C25H31ClN4O3/c1-5-18(11-16-7-6-10-27-22(16)31)28-24(33)21(14-25(2,3)4)30-23(32)20-12-15-8-9-17(26)13-19(15)29-20/h1,8-9,12-13,16,18,21,29H,6-7,10-11,14H2,2-4H3,(H,27,31)(H,28,33)(H,30,32). The predicted molar refractivity (Wildman–Crippen MR) is 130 cm³/mol. The van der Waals surface area contributed by atoms with Crippen molar-refractivity contribution in [3.05, 3.63) is 35.0 Å². The van der Waals surface area contributed by atoms with Gasteiger partial charge in [-0.15, -0.1) is 6.42 Å². The summed E-state index contributed by atoms with van der Waals surface area (Å²) < 4.78 is 0. The van der Waals surface area contributed by atoms with Gasteiger partial charge in [-0.1, -0.05) is 44.4 Å². The Kier molecular flexibility index (Phi) is 7.70. The summed E-state index contributed by atoms with van der Waals surface area (Å²) in [5, 5.41) is 9.94. The monoisotopic (exact) mass is 470 g/mol. The normalized spacial score (nSPS) is 18.2. The average Bonchev–Trinajstić information content (AvgIpc) is 3.16. The zero-order chi connectivity index (χ0) is 24.2. The third-order valence-corrected chi connectivity index (χ3v) is 5.94. The molecule has 1 fully saturated rings. The number of aromatic amines is 1. The summed E-state index contributed by atoms with van der Waals surface area (Å²) in [5.41, 5.74) is 0.854. The molecule has 3 unspecified atom stereocenters. The van der Waals surface area contributed by atoms with Gasteiger partial charge in [0.25, 0.3) is 5.91 Å². The topological polar surface area (TPSA) is 103 Å². The highest BCUT2D eigenvalue weighted by Gasteiger charge is 2.30. The number of halogens is 1. The second kappa shape index (κ2) is 10.3. The number of benzene rings is 1. The van der Waals surface area contributed by atoms with Crippen LogP contribution >= 0.6 is 11.6 Å². The molecule has 0 spiro atoms. The molecule has 3 atom stereocenters. The highest BCUT2D eigenvalue weighted by Crippen LogP contribution is 2.23. The number of H-pyrrole nitrogens is 1. The third kappa shape index (κ3) is 6.75. The summed E-state index contributed by atoms with van der Waals surface area (Å²) in [6.45, 7) is 6.66. The van der Waals surface area contributed by atoms with E-state index in [1.165, 1.54) is 0 Å². The van der Waals surface area contributed by atoms with Crippen LogP contribution in [0, 0.1) is 23.7 Å². The molecule has 7 nitrogen and oxygen atoms in total. The summed E-state index contributed by atoms with van der Waals surface area (Å²) in [4.78, 5) is 41.3. The number of aromatic nitrogens is 1. The molecular formula is C25H31ClN4O3. The molecule has 1 saturated heterocycles. The summed E-state index contributed by atoms with van der Waals surface area (Å²) in [5.74, 6) is 1.57. The van der Waals surface area contributed by atoms with Gasteiger partial charge in [0.2, 0.25) is 11.8 Å². The van der Waals surface area contributed by atoms with E-state index in [1.54, 1.807) is 18.2 Å². The van der Waals surface area contributed by atoms with Gasteiger partial charge in [-0.2, -0.15) is 0 Å². The number of terminal acetylenes is 1. The van der Waals surface area contributed by atoms with E-state index in [0.717, 1.165) is 23.7 Å². The van der Waals surface area contributed by atoms with Crippen LogP contribution in [0.4, 0.5) is 0 Å². The van der Waals surface area contributed by atoms with Crippen molar-refractivity contribution in [2.45, 2.75) is 58.5 Å². The molecular weight excluding hydrogens is 440 g/mol. The number of piperidine rings is 1. The Bertz CT molecular complexity index is 1080. The van der Waals surface area contributed by atoms with Gasteiger partial charge in [-0.05, 0) is 49.3 Å². The lowest BCUT2D eigenvalue weighted by molar-refractivity contribution is -0.128. The van der Waals surface area contributed by atoms with E-state index in [4.69, 9.17) is 18.0 Å². The summed E-state index contributed by atoms with van der Waals surface area (Å²) in [6.07, 6.45) is 8.07. The highest BCUT2D eigenvalue weighted by molar-refractivity contribution is 6.31. The first-order valence-electron chi connectivity index (χ1n) is 11.2. The molecule has 2 aromatic rings. The van der Waals surface area contributed by atoms with Crippen molar-refractivity contribution < 1.29 is 14.4 Å². The maximum absolute atomic E-state index is 13.1. The van der Waals surface area contributed by atoms with Crippen molar-refractivity contribution in [1.29, 1.82) is 0 Å². The Morgan fingerprint density at radius 3 is 2.70 bits per heavy atom. The molecule has 3 amide bonds. The molecule has 0 aliphatic carbocycles. The quantitative estimate of drug-likeness (QED) is 0.466. The number of rotatable bonds is 7. The number of fused-ring (bicyclic) bond motifs is 1. The van der Waals surface area contributed by atoms with Gasteiger partial charge in [-0.3, -0.25) is 14.4 Å². The van der Waals surface area contributed by atoms with E-state index in [9.17, 15) is 14.4 Å². The fourth-order valence-corrected chi connectivity index (χ4v) is 4.24. The first-order valence-corrected chi connectivity index (χ1v) is 11.6. The Morgan fingerprint density at radius 2 is 2.03 bits per heavy atom. The van der Waals surface area contributed by atoms with Gasteiger partial charge in [-0.25, -0.2) is 0 Å². The first-order chi connectivity index (χ1) is 15.6. The zero-order valence-corrected chi connectivity index (χ0v) is 20.0. The van der Waals surface area contributed by atoms with Crippen molar-refractivity contribution in [3.8, 4) is 12.3 Å². The van der Waals surface area contributed by atoms with Crippen LogP contribution in [-0.4, -0.2) is 41.3 Å². The zero-order valence-electron chi connectivity index (χ0n) is 19.3. The second-order valence-electron chi connectivity index (χ2n) is 9.80. The highest BCUT2D eigenvalue weighted by atomic mass is 35.5. The van der Waals surface area contributed by atoms with Crippen LogP contribution in [0.3, 0.4) is 0 Å². The molecule has 0 saturated carbocycles. The van der Waals surface area contributed by atoms with Gasteiger partial charge < -0.3 is 20.9 Å². The average molecular weight is 471 g/mol. The molecule has 1 aromatic heterocycles. The minimum atomic E-state index is -0.788. The van der Waals surface area contributed by atoms with Crippen molar-refractivity contribution in [3.63, 3.8) is 0 Å². The maximum atomic E-state index is 13.1. The molecule has 2 heterocycles. The summed E-state index contributed by atoms with van der Waals surface area (Å²) >= 11 is 6.03. The van der Waals surface area contributed by atoms with Crippen LogP contribution < -0.4 is 16.0 Å². The molecule has 176 valence electrons. The van der Waals surface area contributed by atoms with Gasteiger partial charge in [0.05, 0.1) is 6.04 Å². The van der Waals surface area contributed by atoms with E-state index in [2.05, 4.69) is 26.9 Å². The predicted octanol–water partition coefficient (Wildman–Crippen LogP) is 3.39. The van der Waals surface area contributed by atoms with E-state index in [1.807, 2.05) is 26.8 Å². The number of amides is 3. The molecule has 1 aliphatic heterocycles. The van der Waals surface area contributed by atoms with Crippen LogP contribution in [0.2, 0.25) is 5.02 Å². The van der Waals surface area contributed by atoms with Gasteiger partial charge in [0, 0.05) is 28.4 Å². The minimum absolute atomic E-state index is 0.0331. The molecule has 8 heteroatoms. The maximum Gasteiger partial charge on any atom is 0.268 e. The molecule has 1 aromatic carbocycles. The van der Waals surface area contributed by atoms with Crippen LogP contribution in [0.25, 0.3) is 10.9 Å². The molecule has 1 aliphatic rings. The SMILES string of the molecule is C#CC(CC1CCCNC1=O)NC(=O)C(CC(C)(C)C)NC(=O)c1cc2ccc(Cl)cc2[nH]1. The van der Waals surface area contributed by atoms with Gasteiger partial charge in [0.1, 0.15) is 11.7 Å². The minimum Gasteiger partial charge on any atom is -0.356 e. The summed E-state index contributed by atoms with van der Waals surface area (Å²) in [6, 6.07) is 5.65. The Hall–Kier alpha value is -2.98. The molecule has 33 heavy (non-hydrogen) atoms. The Labute approximate surface area is 199 Å². The lowest BCUT2D eigenvalue weighted by Crippen LogP contribution is -2.51. The van der Waals surface area contributed by atoms with E-state index in [-0.39, 0.29) is 23.1 Å². The van der Waals surface area contributed by atoms with Gasteiger partial charge >= 0.3 is 0 Å². The number of nitrogens with one attached hydrogen (secondary N) is 4. The van der Waals surface area contributed by atoms with E-state index >= 15 is 0 Å². The Balaban J connectivity index is 1.72. The Morgan fingerprint density at radius 1 is 1.27 bits per heavy atom. The molecule has 4 N–H and O–H groups in total. The first kappa shape index (κ1) is 24.7. The molecule has 3 rings (SSSR count). The fraction of sp³-hybridized carbons (Fsp3) is 0.480. The van der Waals surface area contributed by atoms with Crippen molar-refractivity contribution in [2.75, 3.05) is 6.54 Å². The summed E-state index contributed by atoms with van der Waals surface area (Å²) in [7, 11) is 0. The van der Waals surface area contributed by atoms with E-state index < -0.39 is 18.0 Å². The molecule has 0 radical (unpaired) electrons. The second-order valence-corrected chi connectivity index (χ2v) is 10.2. The molecule has 0 bridgehead atoms. The lowest BCUT2D eigenvalue weighted by Gasteiger charge is -2.28. The number of carbonyl (C=O) groups excluding carboxylic acids is 3. The van der Waals surface area contributed by atoms with Gasteiger partial charge in [0.15, 0.2) is 0 Å². The van der Waals surface area contributed by atoms with Crippen LogP contribution in [0.1, 0.15) is 56.9 Å².